The normalized spacial score (nSPS) is 21.0. The third-order valence-electron chi connectivity index (χ3n) is 11.4. The van der Waals surface area contributed by atoms with Crippen LogP contribution in [0.2, 0.25) is 0 Å². The predicted molar refractivity (Wildman–Crippen MR) is 222 cm³/mol. The Kier molecular flexibility index (Phi) is 11.8. The first-order valence-electron chi connectivity index (χ1n) is 19.4. The molecule has 7 N–H and O–H groups in total. The molecule has 0 heterocycles. The lowest BCUT2D eigenvalue weighted by molar-refractivity contribution is -0.153. The highest BCUT2D eigenvalue weighted by Gasteiger charge is 2.64. The Morgan fingerprint density at radius 1 is 0.918 bits per heavy atom. The summed E-state index contributed by atoms with van der Waals surface area (Å²) in [6, 6.07) is 16.5. The van der Waals surface area contributed by atoms with Crippen LogP contribution in [0.1, 0.15) is 48.7 Å². The second-order valence-electron chi connectivity index (χ2n) is 16.7. The number of carbonyl (C=O) groups excluding carboxylic acids is 6. The smallest absolute Gasteiger partial charge is 0.413 e. The third kappa shape index (κ3) is 7.89. The summed E-state index contributed by atoms with van der Waals surface area (Å²) in [6.07, 6.45) is -1.06. The van der Waals surface area contributed by atoms with Gasteiger partial charge in [0.05, 0.1) is 22.9 Å². The molecule has 3 aliphatic rings. The van der Waals surface area contributed by atoms with Crippen LogP contribution in [0.3, 0.4) is 0 Å². The van der Waals surface area contributed by atoms with Crippen LogP contribution in [0.5, 0.6) is 5.75 Å². The second kappa shape index (κ2) is 16.4. The van der Waals surface area contributed by atoms with E-state index in [4.69, 9.17) is 15.2 Å². The standard InChI is InChI=1S/C44H49N5O12/c1-43(2,3)49(42(58)61-21-60-41(57)24-15-13-23(14-16-24)22-11-9-8-10-12-22)20-30(50)46-28-19-29(47(4)5)26-17-25-18-27-34(48(6)7)37(53)33(40(45)56)39(55)44(27,59)38(54)31(25)36(52)32(26)35(28)51/h8-16,19,25,27,34,51-52,55,59H,17-18,20-21H2,1-7H3,(H2,45,56)(H,46,50)/t25-,27-,34-,44-/m0/s1. The Balaban J connectivity index is 1.23. The molecule has 0 saturated heterocycles. The van der Waals surface area contributed by atoms with Crippen LogP contribution in [0.15, 0.2) is 77.6 Å². The fourth-order valence-corrected chi connectivity index (χ4v) is 8.42. The molecule has 0 bridgehead atoms. The molecule has 0 unspecified atom stereocenters. The molecule has 3 aliphatic carbocycles. The number of Topliss-reactive ketones (excluding diaryl/α,β-unsaturated/α-hetero) is 2. The van der Waals surface area contributed by atoms with Gasteiger partial charge >= 0.3 is 12.1 Å². The summed E-state index contributed by atoms with van der Waals surface area (Å²) in [7, 11) is 6.39. The van der Waals surface area contributed by atoms with E-state index in [0.717, 1.165) is 16.0 Å². The van der Waals surface area contributed by atoms with Gasteiger partial charge in [0, 0.05) is 36.8 Å². The summed E-state index contributed by atoms with van der Waals surface area (Å²) < 4.78 is 10.4. The van der Waals surface area contributed by atoms with E-state index in [1.54, 1.807) is 64.0 Å². The number of carbonyl (C=O) groups is 6. The van der Waals surface area contributed by atoms with Crippen LogP contribution in [0.4, 0.5) is 16.2 Å². The zero-order valence-corrected chi connectivity index (χ0v) is 34.8. The van der Waals surface area contributed by atoms with Crippen molar-refractivity contribution in [2.24, 2.45) is 17.6 Å². The van der Waals surface area contributed by atoms with E-state index >= 15 is 0 Å². The molecule has 6 rings (SSSR count). The van der Waals surface area contributed by atoms with Gasteiger partial charge in [-0.2, -0.15) is 0 Å². The number of esters is 1. The average Bonchev–Trinajstić information content (AvgIpc) is 3.18. The number of primary amides is 1. The van der Waals surface area contributed by atoms with Gasteiger partial charge in [-0.15, -0.1) is 0 Å². The first-order valence-corrected chi connectivity index (χ1v) is 19.4. The lowest BCUT2D eigenvalue weighted by Gasteiger charge is -2.50. The Morgan fingerprint density at radius 3 is 2.11 bits per heavy atom. The van der Waals surface area contributed by atoms with Crippen LogP contribution in [-0.2, 0) is 35.1 Å². The highest BCUT2D eigenvalue weighted by Crippen LogP contribution is 2.54. The van der Waals surface area contributed by atoms with Crippen molar-refractivity contribution in [3.8, 4) is 16.9 Å². The molecule has 4 atom stereocenters. The maximum absolute atomic E-state index is 14.3. The number of rotatable bonds is 10. The van der Waals surface area contributed by atoms with Gasteiger partial charge in [-0.25, -0.2) is 9.59 Å². The average molecular weight is 840 g/mol. The van der Waals surface area contributed by atoms with Gasteiger partial charge < -0.3 is 45.9 Å². The first-order chi connectivity index (χ1) is 28.6. The van der Waals surface area contributed by atoms with E-state index in [9.17, 15) is 49.2 Å². The Hall–Kier alpha value is -6.72. The molecule has 0 aromatic heterocycles. The van der Waals surface area contributed by atoms with Gasteiger partial charge in [0.15, 0.2) is 11.4 Å². The summed E-state index contributed by atoms with van der Waals surface area (Å²) in [5.74, 6) is -9.59. The van der Waals surface area contributed by atoms with Crippen LogP contribution in [0, 0.1) is 11.8 Å². The number of ketones is 2. The number of likely N-dealkylation sites (N-methyl/N-ethyl adjacent to an activating group) is 1. The number of nitrogens with two attached hydrogens (primary N) is 1. The number of aliphatic hydroxyl groups is 3. The summed E-state index contributed by atoms with van der Waals surface area (Å²) in [6.45, 7) is 3.57. The summed E-state index contributed by atoms with van der Waals surface area (Å²) in [4.78, 5) is 83.9. The molecular weight excluding hydrogens is 791 g/mol. The number of hydrogen-bond donors (Lipinski definition) is 6. The van der Waals surface area contributed by atoms with E-state index in [-0.39, 0.29) is 35.2 Å². The predicted octanol–water partition coefficient (Wildman–Crippen LogP) is 3.69. The van der Waals surface area contributed by atoms with E-state index in [2.05, 4.69) is 5.32 Å². The number of nitrogens with zero attached hydrogens (tertiary/aromatic N) is 3. The van der Waals surface area contributed by atoms with Crippen LogP contribution in [-0.4, -0.2) is 124 Å². The van der Waals surface area contributed by atoms with Gasteiger partial charge in [-0.1, -0.05) is 42.5 Å². The van der Waals surface area contributed by atoms with Gasteiger partial charge in [0.25, 0.3) is 5.91 Å². The zero-order chi connectivity index (χ0) is 44.9. The quantitative estimate of drug-likeness (QED) is 0.0738. The van der Waals surface area contributed by atoms with Crippen molar-refractivity contribution in [2.75, 3.05) is 51.7 Å². The number of aliphatic hydroxyl groups excluding tert-OH is 2. The van der Waals surface area contributed by atoms with Crippen molar-refractivity contribution in [3.63, 3.8) is 0 Å². The van der Waals surface area contributed by atoms with E-state index in [0.29, 0.717) is 11.3 Å². The molecule has 17 heteroatoms. The number of fused-ring (bicyclic) bond motifs is 3. The molecular formula is C44H49N5O12. The number of phenolic OH excluding ortho intramolecular Hbond substituents is 1. The Labute approximate surface area is 351 Å². The van der Waals surface area contributed by atoms with Gasteiger partial charge in [-0.3, -0.25) is 29.0 Å². The van der Waals surface area contributed by atoms with Crippen molar-refractivity contribution in [1.29, 1.82) is 0 Å². The van der Waals surface area contributed by atoms with Crippen LogP contribution >= 0.6 is 0 Å². The summed E-state index contributed by atoms with van der Waals surface area (Å²) >= 11 is 0. The molecule has 322 valence electrons. The maximum atomic E-state index is 14.3. The fraction of sp³-hybridized carbons (Fsp3) is 0.364. The van der Waals surface area contributed by atoms with E-state index in [1.807, 2.05) is 30.3 Å². The molecule has 3 aromatic rings. The minimum Gasteiger partial charge on any atom is -0.508 e. The van der Waals surface area contributed by atoms with Crippen molar-refractivity contribution >= 4 is 52.6 Å². The van der Waals surface area contributed by atoms with Crippen molar-refractivity contribution in [2.45, 2.75) is 50.8 Å². The Bertz CT molecular complexity index is 2380. The zero-order valence-electron chi connectivity index (χ0n) is 34.8. The molecule has 3 aromatic carbocycles. The fourth-order valence-electron chi connectivity index (χ4n) is 8.42. The minimum absolute atomic E-state index is 0.0249. The minimum atomic E-state index is -2.83. The molecule has 0 aliphatic heterocycles. The van der Waals surface area contributed by atoms with Crippen molar-refractivity contribution in [1.82, 2.24) is 9.80 Å². The molecule has 17 nitrogen and oxygen atoms in total. The molecule has 3 amide bonds. The summed E-state index contributed by atoms with van der Waals surface area (Å²) in [5, 5.41) is 49.2. The lowest BCUT2D eigenvalue weighted by atomic mass is 9.57. The highest BCUT2D eigenvalue weighted by atomic mass is 16.7. The van der Waals surface area contributed by atoms with Crippen LogP contribution < -0.4 is 16.0 Å². The van der Waals surface area contributed by atoms with Gasteiger partial charge in [0.2, 0.25) is 18.5 Å². The topological polar surface area (TPSA) is 250 Å². The molecule has 0 radical (unpaired) electrons. The third-order valence-corrected chi connectivity index (χ3v) is 11.4. The molecule has 61 heavy (non-hydrogen) atoms. The SMILES string of the molecule is CN(C)c1cc(NC(=O)CN(C(=O)OCOC(=O)c2ccc(-c3ccccc3)cc2)C(C)(C)C)c(O)c2c1C[C@H]1C[C@H]3[C@H](N(C)C)C(=O)C(C(N)=O)=C(O)[C@@]3(O)C(=O)C1=C2O. The lowest BCUT2D eigenvalue weighted by Crippen LogP contribution is -2.65. The number of aromatic hydroxyl groups is 1. The number of phenols is 1. The van der Waals surface area contributed by atoms with Crippen molar-refractivity contribution < 1.29 is 58.7 Å². The second-order valence-corrected chi connectivity index (χ2v) is 16.7. The number of nitrogens with one attached hydrogen (secondary N) is 1. The van der Waals surface area contributed by atoms with Gasteiger partial charge in [-0.05, 0) is 88.5 Å². The number of anilines is 2. The summed E-state index contributed by atoms with van der Waals surface area (Å²) in [5.41, 5.74) is 2.76. The first kappa shape index (κ1) is 43.8. The number of amides is 3. The molecule has 1 saturated carbocycles. The Morgan fingerprint density at radius 2 is 1.54 bits per heavy atom. The van der Waals surface area contributed by atoms with Crippen LogP contribution in [0.25, 0.3) is 16.9 Å². The highest BCUT2D eigenvalue weighted by molar-refractivity contribution is 6.24. The van der Waals surface area contributed by atoms with Crippen molar-refractivity contribution in [3.05, 3.63) is 94.3 Å². The van der Waals surface area contributed by atoms with Gasteiger partial charge in [0.1, 0.15) is 29.4 Å². The van der Waals surface area contributed by atoms with E-state index in [1.165, 1.54) is 25.1 Å². The molecule has 1 fully saturated rings. The number of ether oxygens (including phenoxy) is 2. The number of benzene rings is 3. The maximum Gasteiger partial charge on any atom is 0.413 e. The number of hydrogen-bond acceptors (Lipinski definition) is 14. The van der Waals surface area contributed by atoms with E-state index < -0.39 is 101 Å². The monoisotopic (exact) mass is 839 g/mol. The largest absolute Gasteiger partial charge is 0.508 e. The molecule has 0 spiro atoms.